The number of aromatic nitrogens is 1. The molecule has 94 valence electrons. The summed E-state index contributed by atoms with van der Waals surface area (Å²) in [5.74, 6) is 0. The number of aryl methyl sites for hydroxylation is 3. The summed E-state index contributed by atoms with van der Waals surface area (Å²) < 4.78 is 0. The molecule has 0 radical (unpaired) electrons. The zero-order chi connectivity index (χ0) is 11.9. The van der Waals surface area contributed by atoms with Crippen LogP contribution in [-0.4, -0.2) is 4.98 Å². The van der Waals surface area contributed by atoms with Crippen LogP contribution in [0.2, 0.25) is 0 Å². The van der Waals surface area contributed by atoms with Gasteiger partial charge in [-0.05, 0) is 43.7 Å². The third-order valence-electron chi connectivity index (χ3n) is 3.87. The topological polar surface area (TPSA) is 12.9 Å². The third-order valence-corrected chi connectivity index (χ3v) is 3.87. The molecule has 0 N–H and O–H groups in total. The van der Waals surface area contributed by atoms with Crippen molar-refractivity contribution in [1.82, 2.24) is 4.98 Å². The second kappa shape index (κ2) is 6.78. The second-order valence-electron chi connectivity index (χ2n) is 5.44. The maximum atomic E-state index is 4.65. The van der Waals surface area contributed by atoms with Crippen LogP contribution in [0.3, 0.4) is 0 Å². The molecule has 1 nitrogen and oxygen atoms in total. The maximum Gasteiger partial charge on any atom is 0.0432 e. The van der Waals surface area contributed by atoms with Crippen LogP contribution in [0, 0.1) is 6.92 Å². The van der Waals surface area contributed by atoms with E-state index < -0.39 is 0 Å². The van der Waals surface area contributed by atoms with Gasteiger partial charge in [0.25, 0.3) is 0 Å². The van der Waals surface area contributed by atoms with E-state index in [1.54, 1.807) is 0 Å². The van der Waals surface area contributed by atoms with Crippen LogP contribution in [0.5, 0.6) is 0 Å². The summed E-state index contributed by atoms with van der Waals surface area (Å²) in [5, 5.41) is 0. The van der Waals surface area contributed by atoms with Gasteiger partial charge in [-0.2, -0.15) is 0 Å². The fourth-order valence-corrected chi connectivity index (χ4v) is 2.74. The van der Waals surface area contributed by atoms with Crippen LogP contribution in [-0.2, 0) is 12.8 Å². The minimum Gasteiger partial charge on any atom is -0.261 e. The first-order chi connectivity index (χ1) is 8.36. The Hall–Kier alpha value is -0.850. The number of nitrogens with zero attached hydrogens (tertiary/aromatic N) is 1. The molecule has 1 heteroatoms. The number of fused-ring (bicyclic) bond motifs is 11. The van der Waals surface area contributed by atoms with Gasteiger partial charge in [-0.15, -0.1) is 0 Å². The van der Waals surface area contributed by atoms with Crippen molar-refractivity contribution in [1.29, 1.82) is 0 Å². The molecule has 0 unspecified atom stereocenters. The van der Waals surface area contributed by atoms with Gasteiger partial charge in [-0.3, -0.25) is 4.98 Å². The Morgan fingerprint density at radius 2 is 1.41 bits per heavy atom. The number of hydrogen-bond donors (Lipinski definition) is 0. The molecule has 2 bridgehead atoms. The van der Waals surface area contributed by atoms with Gasteiger partial charge in [-0.25, -0.2) is 0 Å². The zero-order valence-corrected chi connectivity index (χ0v) is 11.2. The molecule has 1 aromatic rings. The van der Waals surface area contributed by atoms with E-state index in [1.807, 2.05) is 0 Å². The van der Waals surface area contributed by atoms with Crippen LogP contribution in [0.4, 0.5) is 0 Å². The van der Waals surface area contributed by atoms with Gasteiger partial charge in [0.15, 0.2) is 0 Å². The molecule has 0 saturated carbocycles. The van der Waals surface area contributed by atoms with Crippen LogP contribution in [0.25, 0.3) is 0 Å². The van der Waals surface area contributed by atoms with Gasteiger partial charge < -0.3 is 0 Å². The molecule has 1 aromatic heterocycles. The molecule has 0 fully saturated rings. The lowest BCUT2D eigenvalue weighted by molar-refractivity contribution is 0.563. The van der Waals surface area contributed by atoms with Crippen LogP contribution >= 0.6 is 0 Å². The van der Waals surface area contributed by atoms with E-state index in [0.717, 1.165) is 0 Å². The van der Waals surface area contributed by atoms with Gasteiger partial charge >= 0.3 is 0 Å². The van der Waals surface area contributed by atoms with Gasteiger partial charge in [0, 0.05) is 11.9 Å². The molecule has 0 aromatic carbocycles. The average Bonchev–Trinajstić information content (AvgIpc) is 2.33. The molecule has 3 rings (SSSR count). The Morgan fingerprint density at radius 3 is 2.06 bits per heavy atom. The summed E-state index contributed by atoms with van der Waals surface area (Å²) in [6.45, 7) is 2.22. The molecule has 0 saturated heterocycles. The highest BCUT2D eigenvalue weighted by Gasteiger charge is 2.03. The highest BCUT2D eigenvalue weighted by molar-refractivity contribution is 5.24. The molecule has 0 amide bonds. The average molecular weight is 231 g/mol. The Bertz CT molecular complexity index is 343. The van der Waals surface area contributed by atoms with E-state index in [0.29, 0.717) is 0 Å². The van der Waals surface area contributed by atoms with Crippen molar-refractivity contribution in [3.8, 4) is 0 Å². The SMILES string of the molecule is Cc1cc2cnc1CCCCCCCCCC2. The quantitative estimate of drug-likeness (QED) is 0.635. The Morgan fingerprint density at radius 1 is 0.824 bits per heavy atom. The zero-order valence-electron chi connectivity index (χ0n) is 11.2. The lowest BCUT2D eigenvalue weighted by Gasteiger charge is -2.09. The number of hydrogen-bond acceptors (Lipinski definition) is 1. The minimum atomic E-state index is 1.17. The van der Waals surface area contributed by atoms with Crippen LogP contribution in [0.1, 0.15) is 68.2 Å². The molecular weight excluding hydrogens is 206 g/mol. The monoisotopic (exact) mass is 231 g/mol. The van der Waals surface area contributed by atoms with Crippen molar-refractivity contribution in [2.75, 3.05) is 0 Å². The third kappa shape index (κ3) is 4.14. The second-order valence-corrected chi connectivity index (χ2v) is 5.44. The first-order valence-corrected chi connectivity index (χ1v) is 7.30. The van der Waals surface area contributed by atoms with E-state index in [-0.39, 0.29) is 0 Å². The van der Waals surface area contributed by atoms with E-state index in [1.165, 1.54) is 81.0 Å². The Labute approximate surface area is 106 Å². The van der Waals surface area contributed by atoms with Gasteiger partial charge in [0.2, 0.25) is 0 Å². The predicted molar refractivity (Wildman–Crippen MR) is 73.3 cm³/mol. The molecule has 17 heavy (non-hydrogen) atoms. The molecule has 2 aliphatic rings. The van der Waals surface area contributed by atoms with Crippen molar-refractivity contribution < 1.29 is 0 Å². The molecule has 1 aliphatic carbocycles. The van der Waals surface area contributed by atoms with E-state index in [4.69, 9.17) is 0 Å². The summed E-state index contributed by atoms with van der Waals surface area (Å²) in [4.78, 5) is 4.65. The minimum absolute atomic E-state index is 1.17. The predicted octanol–water partition coefficient (Wildman–Crippen LogP) is 4.61. The standard InChI is InChI=1S/C16H25N/c1-14-12-15-10-8-6-4-2-3-5-7-9-11-16(14)17-13-15/h12-13H,2-11H2,1H3. The van der Waals surface area contributed by atoms with Crippen LogP contribution in [0.15, 0.2) is 12.3 Å². The number of pyridine rings is 1. The molecule has 0 spiro atoms. The first kappa shape index (κ1) is 12.6. The van der Waals surface area contributed by atoms with E-state index in [9.17, 15) is 0 Å². The Kier molecular flexibility index (Phi) is 5.03. The highest BCUT2D eigenvalue weighted by Crippen LogP contribution is 2.16. The largest absolute Gasteiger partial charge is 0.261 e. The maximum absolute atomic E-state index is 4.65. The fraction of sp³-hybridized carbons (Fsp3) is 0.688. The van der Waals surface area contributed by atoms with Crippen molar-refractivity contribution in [2.45, 2.75) is 71.1 Å². The van der Waals surface area contributed by atoms with E-state index >= 15 is 0 Å². The lowest BCUT2D eigenvalue weighted by atomic mass is 10.00. The van der Waals surface area contributed by atoms with Crippen molar-refractivity contribution in [3.05, 3.63) is 29.1 Å². The lowest BCUT2D eigenvalue weighted by Crippen LogP contribution is -1.98. The normalized spacial score (nSPS) is 18.9. The first-order valence-electron chi connectivity index (χ1n) is 7.30. The van der Waals surface area contributed by atoms with Crippen molar-refractivity contribution >= 4 is 0 Å². The van der Waals surface area contributed by atoms with Crippen molar-refractivity contribution in [2.24, 2.45) is 0 Å². The highest BCUT2D eigenvalue weighted by atomic mass is 14.7. The van der Waals surface area contributed by atoms with Gasteiger partial charge in [0.05, 0.1) is 0 Å². The van der Waals surface area contributed by atoms with Crippen molar-refractivity contribution in [3.63, 3.8) is 0 Å². The molecule has 2 heterocycles. The smallest absolute Gasteiger partial charge is 0.0432 e. The summed E-state index contributed by atoms with van der Waals surface area (Å²) in [6, 6.07) is 2.36. The van der Waals surface area contributed by atoms with Gasteiger partial charge in [0.1, 0.15) is 0 Å². The van der Waals surface area contributed by atoms with Crippen LogP contribution < -0.4 is 0 Å². The fourth-order valence-electron chi connectivity index (χ4n) is 2.74. The summed E-state index contributed by atoms with van der Waals surface area (Å²) in [7, 11) is 0. The number of rotatable bonds is 0. The molecule has 1 aliphatic heterocycles. The Balaban J connectivity index is 2.02. The summed E-state index contributed by atoms with van der Waals surface area (Å²) in [5.41, 5.74) is 4.16. The molecule has 0 atom stereocenters. The van der Waals surface area contributed by atoms with E-state index in [2.05, 4.69) is 24.2 Å². The summed E-state index contributed by atoms with van der Waals surface area (Å²) in [6.07, 6.45) is 15.6. The molecular formula is C16H25N. The summed E-state index contributed by atoms with van der Waals surface area (Å²) >= 11 is 0. The van der Waals surface area contributed by atoms with Gasteiger partial charge in [-0.1, -0.05) is 44.6 Å².